The van der Waals surface area contributed by atoms with Crippen molar-refractivity contribution in [3.05, 3.63) is 48.2 Å². The number of aromatic nitrogens is 1. The first kappa shape index (κ1) is 16.7. The number of hydrogen-bond donors (Lipinski definition) is 1. The Bertz CT molecular complexity index is 753. The van der Waals surface area contributed by atoms with Gasteiger partial charge in [-0.25, -0.2) is 0 Å². The Balaban J connectivity index is 1.82. The second-order valence-corrected chi connectivity index (χ2v) is 7.20. The molecule has 0 saturated heterocycles. The Morgan fingerprint density at radius 2 is 1.96 bits per heavy atom. The number of carbonyl (C=O) groups is 1. The molecule has 0 spiro atoms. The van der Waals surface area contributed by atoms with Gasteiger partial charge in [-0.05, 0) is 45.2 Å². The minimum absolute atomic E-state index is 0.150. The minimum Gasteiger partial charge on any atom is -0.324 e. The molecule has 1 heterocycles. The topological polar surface area (TPSA) is 42.0 Å². The summed E-state index contributed by atoms with van der Waals surface area (Å²) < 4.78 is 0. The molecule has 1 aliphatic rings. The number of carbonyl (C=O) groups excluding carboxylic acids is 1. The van der Waals surface area contributed by atoms with Gasteiger partial charge in [0, 0.05) is 5.39 Å². The Kier molecular flexibility index (Phi) is 4.98. The standard InChI is InChI=1S/C21H26N2O/c1-16(2)10-13-21(11-6-3-7-12-21)20(24)23-18-14-17-8-4-5-9-19(17)22-15-18/h4-5,8-10,14-15H,3,6-7,11-13H2,1-2H3,(H,23,24). The first-order valence-corrected chi connectivity index (χ1v) is 8.89. The molecule has 0 unspecified atom stereocenters. The highest BCUT2D eigenvalue weighted by Gasteiger charge is 2.38. The number of para-hydroxylation sites is 1. The Labute approximate surface area is 144 Å². The highest BCUT2D eigenvalue weighted by atomic mass is 16.2. The van der Waals surface area contributed by atoms with Gasteiger partial charge in [0.15, 0.2) is 0 Å². The van der Waals surface area contributed by atoms with Crippen LogP contribution in [0.25, 0.3) is 10.9 Å². The molecular formula is C21H26N2O. The second-order valence-electron chi connectivity index (χ2n) is 7.20. The third-order valence-electron chi connectivity index (χ3n) is 5.04. The summed E-state index contributed by atoms with van der Waals surface area (Å²) in [6.07, 6.45) is 10.3. The SMILES string of the molecule is CC(C)=CCC1(C(=O)Nc2cnc3ccccc3c2)CCCCC1. The average Bonchev–Trinajstić information content (AvgIpc) is 2.60. The number of hydrogen-bond acceptors (Lipinski definition) is 2. The number of allylic oxidation sites excluding steroid dienone is 2. The van der Waals surface area contributed by atoms with Gasteiger partial charge in [0.1, 0.15) is 0 Å². The van der Waals surface area contributed by atoms with Crippen LogP contribution >= 0.6 is 0 Å². The van der Waals surface area contributed by atoms with E-state index >= 15 is 0 Å². The fourth-order valence-electron chi connectivity index (χ4n) is 3.56. The number of nitrogens with one attached hydrogen (secondary N) is 1. The summed E-state index contributed by atoms with van der Waals surface area (Å²) in [4.78, 5) is 17.5. The van der Waals surface area contributed by atoms with Crippen LogP contribution in [0.4, 0.5) is 5.69 Å². The number of nitrogens with zero attached hydrogens (tertiary/aromatic N) is 1. The Hall–Kier alpha value is -2.16. The van der Waals surface area contributed by atoms with Gasteiger partial charge in [0.25, 0.3) is 0 Å². The molecule has 1 aromatic heterocycles. The predicted molar refractivity (Wildman–Crippen MR) is 99.9 cm³/mol. The highest BCUT2D eigenvalue weighted by Crippen LogP contribution is 2.41. The van der Waals surface area contributed by atoms with Crippen molar-refractivity contribution >= 4 is 22.5 Å². The molecule has 3 heteroatoms. The highest BCUT2D eigenvalue weighted by molar-refractivity contribution is 5.97. The van der Waals surface area contributed by atoms with Gasteiger partial charge >= 0.3 is 0 Å². The van der Waals surface area contributed by atoms with Crippen molar-refractivity contribution in [2.45, 2.75) is 52.4 Å². The van der Waals surface area contributed by atoms with E-state index in [-0.39, 0.29) is 11.3 Å². The number of rotatable bonds is 4. The van der Waals surface area contributed by atoms with Crippen molar-refractivity contribution in [1.82, 2.24) is 4.98 Å². The fourth-order valence-corrected chi connectivity index (χ4v) is 3.56. The van der Waals surface area contributed by atoms with Crippen molar-refractivity contribution in [3.63, 3.8) is 0 Å². The number of amides is 1. The first-order chi connectivity index (χ1) is 11.6. The zero-order valence-corrected chi connectivity index (χ0v) is 14.6. The first-order valence-electron chi connectivity index (χ1n) is 8.89. The summed E-state index contributed by atoms with van der Waals surface area (Å²) in [5.41, 5.74) is 2.76. The normalized spacial score (nSPS) is 16.6. The van der Waals surface area contributed by atoms with Gasteiger partial charge in [-0.1, -0.05) is 49.1 Å². The molecule has 3 rings (SSSR count). The maximum Gasteiger partial charge on any atom is 0.230 e. The lowest BCUT2D eigenvalue weighted by Gasteiger charge is -2.35. The molecule has 1 aliphatic carbocycles. The molecule has 0 bridgehead atoms. The van der Waals surface area contributed by atoms with Crippen LogP contribution in [0.2, 0.25) is 0 Å². The molecule has 2 aromatic rings. The lowest BCUT2D eigenvalue weighted by atomic mass is 9.71. The van der Waals surface area contributed by atoms with Crippen molar-refractivity contribution in [3.8, 4) is 0 Å². The van der Waals surface area contributed by atoms with Gasteiger partial charge in [0.05, 0.1) is 22.8 Å². The molecule has 1 amide bonds. The van der Waals surface area contributed by atoms with Crippen molar-refractivity contribution in [2.75, 3.05) is 5.32 Å². The van der Waals surface area contributed by atoms with Crippen LogP contribution in [-0.2, 0) is 4.79 Å². The zero-order chi connectivity index (χ0) is 17.0. The molecule has 1 saturated carbocycles. The van der Waals surface area contributed by atoms with Crippen LogP contribution in [0.1, 0.15) is 52.4 Å². The van der Waals surface area contributed by atoms with Gasteiger partial charge < -0.3 is 5.32 Å². The van der Waals surface area contributed by atoms with Crippen molar-refractivity contribution < 1.29 is 4.79 Å². The third kappa shape index (κ3) is 3.66. The van der Waals surface area contributed by atoms with E-state index in [1.165, 1.54) is 12.0 Å². The summed E-state index contributed by atoms with van der Waals surface area (Å²) >= 11 is 0. The van der Waals surface area contributed by atoms with E-state index < -0.39 is 0 Å². The molecule has 0 radical (unpaired) electrons. The quantitative estimate of drug-likeness (QED) is 0.757. The molecule has 1 fully saturated rings. The van der Waals surface area contributed by atoms with E-state index in [1.807, 2.05) is 30.3 Å². The molecular weight excluding hydrogens is 296 g/mol. The largest absolute Gasteiger partial charge is 0.324 e. The van der Waals surface area contributed by atoms with Crippen LogP contribution in [0.15, 0.2) is 48.2 Å². The van der Waals surface area contributed by atoms with Gasteiger partial charge in [-0.3, -0.25) is 9.78 Å². The third-order valence-corrected chi connectivity index (χ3v) is 5.04. The maximum absolute atomic E-state index is 13.1. The number of fused-ring (bicyclic) bond motifs is 1. The van der Waals surface area contributed by atoms with Crippen molar-refractivity contribution in [1.29, 1.82) is 0 Å². The van der Waals surface area contributed by atoms with E-state index in [9.17, 15) is 4.79 Å². The molecule has 24 heavy (non-hydrogen) atoms. The second kappa shape index (κ2) is 7.16. The smallest absolute Gasteiger partial charge is 0.230 e. The molecule has 0 aliphatic heterocycles. The monoisotopic (exact) mass is 322 g/mol. The molecule has 126 valence electrons. The minimum atomic E-state index is -0.263. The van der Waals surface area contributed by atoms with Gasteiger partial charge in [-0.15, -0.1) is 0 Å². The fraction of sp³-hybridized carbons (Fsp3) is 0.429. The summed E-state index contributed by atoms with van der Waals surface area (Å²) in [6.45, 7) is 4.20. The Morgan fingerprint density at radius 1 is 1.21 bits per heavy atom. The van der Waals surface area contributed by atoms with Crippen LogP contribution in [0.3, 0.4) is 0 Å². The van der Waals surface area contributed by atoms with Crippen LogP contribution in [-0.4, -0.2) is 10.9 Å². The van der Waals surface area contributed by atoms with E-state index in [0.29, 0.717) is 0 Å². The zero-order valence-electron chi connectivity index (χ0n) is 14.6. The number of pyridine rings is 1. The summed E-state index contributed by atoms with van der Waals surface area (Å²) in [5, 5.41) is 4.19. The molecule has 0 atom stereocenters. The molecule has 1 N–H and O–H groups in total. The van der Waals surface area contributed by atoms with Crippen LogP contribution in [0, 0.1) is 5.41 Å². The van der Waals surface area contributed by atoms with E-state index in [4.69, 9.17) is 0 Å². The van der Waals surface area contributed by atoms with Gasteiger partial charge in [-0.2, -0.15) is 0 Å². The number of anilines is 1. The van der Waals surface area contributed by atoms with E-state index in [0.717, 1.165) is 48.7 Å². The predicted octanol–water partition coefficient (Wildman–Crippen LogP) is 5.48. The maximum atomic E-state index is 13.1. The summed E-state index contributed by atoms with van der Waals surface area (Å²) in [6, 6.07) is 9.99. The lowest BCUT2D eigenvalue weighted by molar-refractivity contribution is -0.127. The Morgan fingerprint density at radius 3 is 2.71 bits per heavy atom. The van der Waals surface area contributed by atoms with Gasteiger partial charge in [0.2, 0.25) is 5.91 Å². The van der Waals surface area contributed by atoms with E-state index in [1.54, 1.807) is 6.20 Å². The lowest BCUT2D eigenvalue weighted by Crippen LogP contribution is -2.37. The van der Waals surface area contributed by atoms with Crippen LogP contribution < -0.4 is 5.32 Å². The average molecular weight is 322 g/mol. The van der Waals surface area contributed by atoms with Crippen molar-refractivity contribution in [2.24, 2.45) is 5.41 Å². The molecule has 1 aromatic carbocycles. The van der Waals surface area contributed by atoms with E-state index in [2.05, 4.69) is 30.2 Å². The van der Waals surface area contributed by atoms with Crippen LogP contribution in [0.5, 0.6) is 0 Å². The summed E-state index contributed by atoms with van der Waals surface area (Å²) in [7, 11) is 0. The summed E-state index contributed by atoms with van der Waals surface area (Å²) in [5.74, 6) is 0.150. The molecule has 3 nitrogen and oxygen atoms in total. The number of benzene rings is 1.